The molecule has 26 heavy (non-hydrogen) atoms. The van der Waals surface area contributed by atoms with Crippen LogP contribution in [0.15, 0.2) is 60.7 Å². The summed E-state index contributed by atoms with van der Waals surface area (Å²) in [6.45, 7) is -0.0974. The molecule has 0 aromatic heterocycles. The second-order valence-corrected chi connectivity index (χ2v) is 5.56. The Morgan fingerprint density at radius 1 is 0.846 bits per heavy atom. The summed E-state index contributed by atoms with van der Waals surface area (Å²) in [5.41, 5.74) is 0.799. The lowest BCUT2D eigenvalue weighted by Crippen LogP contribution is -2.35. The lowest BCUT2D eigenvalue weighted by molar-refractivity contribution is -0.149. The van der Waals surface area contributed by atoms with Crippen molar-refractivity contribution >= 4 is 17.8 Å². The highest BCUT2D eigenvalue weighted by Gasteiger charge is 2.11. The second-order valence-electron chi connectivity index (χ2n) is 5.56. The summed E-state index contributed by atoms with van der Waals surface area (Å²) < 4.78 is 10.3. The molecule has 0 radical (unpaired) electrons. The fraction of sp³-hybridized carbons (Fsp3) is 0.250. The molecule has 0 aliphatic heterocycles. The van der Waals surface area contributed by atoms with Crippen molar-refractivity contribution in [3.05, 3.63) is 66.2 Å². The van der Waals surface area contributed by atoms with E-state index in [2.05, 4.69) is 5.32 Å². The van der Waals surface area contributed by atoms with Gasteiger partial charge in [-0.15, -0.1) is 0 Å². The van der Waals surface area contributed by atoms with Crippen LogP contribution < -0.4 is 10.1 Å². The minimum absolute atomic E-state index is 0.0946. The van der Waals surface area contributed by atoms with Gasteiger partial charge in [-0.05, 0) is 24.1 Å². The molecule has 2 amide bonds. The average Bonchev–Trinajstić information content (AvgIpc) is 2.65. The van der Waals surface area contributed by atoms with Gasteiger partial charge in [-0.1, -0.05) is 48.5 Å². The Hall–Kier alpha value is -3.15. The zero-order valence-corrected chi connectivity index (χ0v) is 14.4. The monoisotopic (exact) mass is 355 g/mol. The molecule has 2 rings (SSSR count). The first-order valence-electron chi connectivity index (χ1n) is 8.33. The quantitative estimate of drug-likeness (QED) is 0.551. The Labute approximate surface area is 152 Å². The molecule has 0 saturated carbocycles. The summed E-state index contributed by atoms with van der Waals surface area (Å²) in [7, 11) is 0. The number of nitrogens with one attached hydrogen (secondary N) is 1. The number of amides is 2. The van der Waals surface area contributed by atoms with Crippen molar-refractivity contribution in [3.8, 4) is 5.75 Å². The molecule has 0 fully saturated rings. The van der Waals surface area contributed by atoms with E-state index in [1.807, 2.05) is 48.5 Å². The van der Waals surface area contributed by atoms with Crippen LogP contribution in [0.25, 0.3) is 0 Å². The van der Waals surface area contributed by atoms with Gasteiger partial charge >= 0.3 is 5.97 Å². The Morgan fingerprint density at radius 2 is 1.50 bits per heavy atom. The summed E-state index contributed by atoms with van der Waals surface area (Å²) in [6.07, 6.45) is 0.706. The van der Waals surface area contributed by atoms with Crippen LogP contribution in [0.1, 0.15) is 18.4 Å². The van der Waals surface area contributed by atoms with Crippen molar-refractivity contribution in [2.24, 2.45) is 0 Å². The molecule has 0 spiro atoms. The number of hydrogen-bond acceptors (Lipinski definition) is 5. The SMILES string of the molecule is O=C(COC(=O)CCCOc1ccccc1)NC(=O)Cc1ccccc1. The third-order valence-electron chi connectivity index (χ3n) is 3.39. The molecule has 6 heteroatoms. The summed E-state index contributed by atoms with van der Waals surface area (Å²) in [5.74, 6) is -0.849. The van der Waals surface area contributed by atoms with Gasteiger partial charge in [0.25, 0.3) is 5.91 Å². The number of carbonyl (C=O) groups is 3. The van der Waals surface area contributed by atoms with Crippen molar-refractivity contribution in [1.82, 2.24) is 5.32 Å². The van der Waals surface area contributed by atoms with Gasteiger partial charge in [0.1, 0.15) is 5.75 Å². The predicted molar refractivity (Wildman–Crippen MR) is 95.4 cm³/mol. The summed E-state index contributed by atoms with van der Waals surface area (Å²) >= 11 is 0. The maximum absolute atomic E-state index is 11.7. The molecule has 0 bridgehead atoms. The van der Waals surface area contributed by atoms with Crippen molar-refractivity contribution < 1.29 is 23.9 Å². The van der Waals surface area contributed by atoms with Gasteiger partial charge in [-0.25, -0.2) is 0 Å². The van der Waals surface area contributed by atoms with E-state index in [1.54, 1.807) is 12.1 Å². The zero-order valence-electron chi connectivity index (χ0n) is 14.4. The molecule has 0 aliphatic rings. The van der Waals surface area contributed by atoms with E-state index in [9.17, 15) is 14.4 Å². The van der Waals surface area contributed by atoms with Crippen molar-refractivity contribution in [2.45, 2.75) is 19.3 Å². The highest BCUT2D eigenvalue weighted by Crippen LogP contribution is 2.08. The van der Waals surface area contributed by atoms with Gasteiger partial charge < -0.3 is 9.47 Å². The Bertz CT molecular complexity index is 715. The molecule has 0 unspecified atom stereocenters. The highest BCUT2D eigenvalue weighted by atomic mass is 16.5. The fourth-order valence-corrected chi connectivity index (χ4v) is 2.16. The fourth-order valence-electron chi connectivity index (χ4n) is 2.16. The Kier molecular flexibility index (Phi) is 7.86. The molecule has 1 N–H and O–H groups in total. The van der Waals surface area contributed by atoms with Gasteiger partial charge in [0.15, 0.2) is 6.61 Å². The van der Waals surface area contributed by atoms with E-state index < -0.39 is 24.4 Å². The van der Waals surface area contributed by atoms with Crippen LogP contribution >= 0.6 is 0 Å². The topological polar surface area (TPSA) is 81.7 Å². The van der Waals surface area contributed by atoms with E-state index in [4.69, 9.17) is 9.47 Å². The number of hydrogen-bond donors (Lipinski definition) is 1. The first-order chi connectivity index (χ1) is 12.6. The van der Waals surface area contributed by atoms with Crippen LogP contribution in [0, 0.1) is 0 Å². The third kappa shape index (κ3) is 7.61. The van der Waals surface area contributed by atoms with E-state index in [-0.39, 0.29) is 12.8 Å². The van der Waals surface area contributed by atoms with Crippen LogP contribution in [-0.2, 0) is 25.5 Å². The zero-order chi connectivity index (χ0) is 18.6. The van der Waals surface area contributed by atoms with Crippen LogP contribution in [0.2, 0.25) is 0 Å². The standard InChI is InChI=1S/C20H21NO5/c22-18(14-16-8-3-1-4-9-16)21-19(23)15-26-20(24)12-7-13-25-17-10-5-2-6-11-17/h1-6,8-11H,7,12-15H2,(H,21,22,23). The molecule has 0 heterocycles. The van der Waals surface area contributed by atoms with Crippen molar-refractivity contribution in [3.63, 3.8) is 0 Å². The van der Waals surface area contributed by atoms with E-state index in [0.29, 0.717) is 13.0 Å². The Balaban J connectivity index is 1.56. The molecular formula is C20H21NO5. The predicted octanol–water partition coefficient (Wildman–Crippen LogP) is 2.27. The van der Waals surface area contributed by atoms with Crippen LogP contribution in [0.4, 0.5) is 0 Å². The Morgan fingerprint density at radius 3 is 2.19 bits per heavy atom. The minimum Gasteiger partial charge on any atom is -0.494 e. The number of imide groups is 1. The number of rotatable bonds is 9. The molecule has 136 valence electrons. The number of carbonyl (C=O) groups excluding carboxylic acids is 3. The summed E-state index contributed by atoms with van der Waals surface area (Å²) in [6, 6.07) is 18.3. The molecule has 2 aromatic carbocycles. The van der Waals surface area contributed by atoms with E-state index in [1.165, 1.54) is 0 Å². The van der Waals surface area contributed by atoms with Crippen molar-refractivity contribution in [1.29, 1.82) is 0 Å². The lowest BCUT2D eigenvalue weighted by Gasteiger charge is -2.07. The molecule has 2 aromatic rings. The largest absolute Gasteiger partial charge is 0.494 e. The van der Waals surface area contributed by atoms with Gasteiger partial charge in [-0.3, -0.25) is 19.7 Å². The molecule has 0 saturated heterocycles. The first-order valence-corrected chi connectivity index (χ1v) is 8.33. The number of ether oxygens (including phenoxy) is 2. The second kappa shape index (κ2) is 10.7. The normalized spacial score (nSPS) is 10.0. The van der Waals surface area contributed by atoms with E-state index in [0.717, 1.165) is 11.3 Å². The van der Waals surface area contributed by atoms with Gasteiger partial charge in [0.05, 0.1) is 13.0 Å². The van der Waals surface area contributed by atoms with E-state index >= 15 is 0 Å². The van der Waals surface area contributed by atoms with Crippen LogP contribution in [-0.4, -0.2) is 31.0 Å². The molecular weight excluding hydrogens is 334 g/mol. The molecule has 0 aliphatic carbocycles. The van der Waals surface area contributed by atoms with Gasteiger partial charge in [0.2, 0.25) is 5.91 Å². The van der Waals surface area contributed by atoms with Crippen LogP contribution in [0.5, 0.6) is 5.75 Å². The smallest absolute Gasteiger partial charge is 0.306 e. The van der Waals surface area contributed by atoms with Crippen LogP contribution in [0.3, 0.4) is 0 Å². The number of para-hydroxylation sites is 1. The maximum atomic E-state index is 11.7. The highest BCUT2D eigenvalue weighted by molar-refractivity contribution is 5.97. The lowest BCUT2D eigenvalue weighted by atomic mass is 10.1. The minimum atomic E-state index is -0.639. The van der Waals surface area contributed by atoms with Gasteiger partial charge in [0, 0.05) is 6.42 Å². The average molecular weight is 355 g/mol. The molecule has 6 nitrogen and oxygen atoms in total. The van der Waals surface area contributed by atoms with Crippen molar-refractivity contribution in [2.75, 3.05) is 13.2 Å². The maximum Gasteiger partial charge on any atom is 0.306 e. The summed E-state index contributed by atoms with van der Waals surface area (Å²) in [5, 5.41) is 2.19. The van der Waals surface area contributed by atoms with Gasteiger partial charge in [-0.2, -0.15) is 0 Å². The summed E-state index contributed by atoms with van der Waals surface area (Å²) in [4.78, 5) is 34.9. The third-order valence-corrected chi connectivity index (χ3v) is 3.39. The number of benzene rings is 2. The number of esters is 1. The molecule has 0 atom stereocenters. The first kappa shape index (κ1) is 19.2.